The van der Waals surface area contributed by atoms with E-state index in [9.17, 15) is 14.4 Å². The quantitative estimate of drug-likeness (QED) is 0.389. The van der Waals surface area contributed by atoms with Gasteiger partial charge in [-0.05, 0) is 61.7 Å². The van der Waals surface area contributed by atoms with Gasteiger partial charge < -0.3 is 15.4 Å². The standard InChI is InChI=1S/C29H30ClN3O4/c1-4-19(3)31-28(35)25-26(37-29(36)33(25)17-20-10-8-18(2)9-11-20)21-12-14-24(15-13-21)32-27(34)22-6-5-7-23(30)16-22/h5-16,19,25-26H,4,17H2,1-3H3,(H,31,35)(H,32,34). The molecule has 192 valence electrons. The lowest BCUT2D eigenvalue weighted by molar-refractivity contribution is -0.127. The van der Waals surface area contributed by atoms with Crippen molar-refractivity contribution in [3.05, 3.63) is 100 Å². The molecule has 3 aromatic rings. The second kappa shape index (κ2) is 11.5. The number of rotatable bonds is 8. The lowest BCUT2D eigenvalue weighted by atomic mass is 9.99. The van der Waals surface area contributed by atoms with Gasteiger partial charge in [0, 0.05) is 22.3 Å². The molecule has 1 fully saturated rings. The fourth-order valence-electron chi connectivity index (χ4n) is 4.12. The molecular formula is C29H30ClN3O4. The number of cyclic esters (lactones) is 1. The summed E-state index contributed by atoms with van der Waals surface area (Å²) >= 11 is 5.99. The van der Waals surface area contributed by atoms with Gasteiger partial charge in [0.05, 0.1) is 6.54 Å². The van der Waals surface area contributed by atoms with Gasteiger partial charge in [-0.25, -0.2) is 4.79 Å². The average Bonchev–Trinajstić information content (AvgIpc) is 3.21. The highest BCUT2D eigenvalue weighted by atomic mass is 35.5. The molecule has 0 bridgehead atoms. The number of anilines is 1. The zero-order valence-corrected chi connectivity index (χ0v) is 21.8. The van der Waals surface area contributed by atoms with E-state index in [-0.39, 0.29) is 24.4 Å². The fourth-order valence-corrected chi connectivity index (χ4v) is 4.31. The molecule has 3 atom stereocenters. The number of ether oxygens (including phenoxy) is 1. The Labute approximate surface area is 221 Å². The zero-order chi connectivity index (χ0) is 26.5. The van der Waals surface area contributed by atoms with Crippen molar-refractivity contribution in [3.8, 4) is 0 Å². The van der Waals surface area contributed by atoms with E-state index in [2.05, 4.69) is 10.6 Å². The SMILES string of the molecule is CCC(C)NC(=O)C1C(c2ccc(NC(=O)c3cccc(Cl)c3)cc2)OC(=O)N1Cc1ccc(C)cc1. The molecule has 2 N–H and O–H groups in total. The van der Waals surface area contributed by atoms with Gasteiger partial charge in [-0.3, -0.25) is 14.5 Å². The van der Waals surface area contributed by atoms with Gasteiger partial charge >= 0.3 is 6.09 Å². The number of hydrogen-bond acceptors (Lipinski definition) is 4. The normalized spacial score (nSPS) is 17.7. The van der Waals surface area contributed by atoms with Crippen LogP contribution in [0.2, 0.25) is 5.02 Å². The van der Waals surface area contributed by atoms with Gasteiger partial charge in [-0.15, -0.1) is 0 Å². The maximum absolute atomic E-state index is 13.3. The van der Waals surface area contributed by atoms with Crippen molar-refractivity contribution >= 4 is 35.2 Å². The molecule has 1 heterocycles. The van der Waals surface area contributed by atoms with Crippen LogP contribution in [-0.4, -0.2) is 34.9 Å². The number of nitrogens with zero attached hydrogens (tertiary/aromatic N) is 1. The van der Waals surface area contributed by atoms with E-state index >= 15 is 0 Å². The van der Waals surface area contributed by atoms with Crippen molar-refractivity contribution in [2.24, 2.45) is 0 Å². The topological polar surface area (TPSA) is 87.7 Å². The molecule has 1 aliphatic rings. The Kier molecular flexibility index (Phi) is 8.14. The van der Waals surface area contributed by atoms with Gasteiger partial charge in [0.2, 0.25) is 5.91 Å². The van der Waals surface area contributed by atoms with Gasteiger partial charge in [0.1, 0.15) is 0 Å². The Morgan fingerprint density at radius 3 is 2.41 bits per heavy atom. The van der Waals surface area contributed by atoms with Crippen molar-refractivity contribution in [2.45, 2.75) is 51.9 Å². The molecule has 3 amide bonds. The van der Waals surface area contributed by atoms with Crippen LogP contribution in [0.3, 0.4) is 0 Å². The predicted molar refractivity (Wildman–Crippen MR) is 143 cm³/mol. The monoisotopic (exact) mass is 519 g/mol. The Hall–Kier alpha value is -3.84. The molecule has 3 aromatic carbocycles. The number of hydrogen-bond donors (Lipinski definition) is 2. The first-order valence-electron chi connectivity index (χ1n) is 12.2. The van der Waals surface area contributed by atoms with Gasteiger partial charge in [0.15, 0.2) is 12.1 Å². The number of carbonyl (C=O) groups is 3. The molecule has 0 spiro atoms. The molecule has 1 saturated heterocycles. The Balaban J connectivity index is 1.55. The van der Waals surface area contributed by atoms with Crippen LogP contribution in [0, 0.1) is 6.92 Å². The van der Waals surface area contributed by atoms with Gasteiger partial charge in [-0.1, -0.05) is 66.6 Å². The largest absolute Gasteiger partial charge is 0.438 e. The van der Waals surface area contributed by atoms with Gasteiger partial charge in [-0.2, -0.15) is 0 Å². The summed E-state index contributed by atoms with van der Waals surface area (Å²) in [5, 5.41) is 6.30. The van der Waals surface area contributed by atoms with Crippen molar-refractivity contribution in [1.82, 2.24) is 10.2 Å². The van der Waals surface area contributed by atoms with Crippen molar-refractivity contribution in [2.75, 3.05) is 5.32 Å². The third-order valence-electron chi connectivity index (χ3n) is 6.41. The maximum Gasteiger partial charge on any atom is 0.411 e. The number of amides is 3. The highest BCUT2D eigenvalue weighted by Crippen LogP contribution is 2.34. The molecule has 4 rings (SSSR count). The van der Waals surface area contributed by atoms with Crippen molar-refractivity contribution < 1.29 is 19.1 Å². The Morgan fingerprint density at radius 1 is 1.05 bits per heavy atom. The summed E-state index contributed by atoms with van der Waals surface area (Å²) in [5.74, 6) is -0.562. The minimum Gasteiger partial charge on any atom is -0.438 e. The zero-order valence-electron chi connectivity index (χ0n) is 21.0. The lowest BCUT2D eigenvalue weighted by Gasteiger charge is -2.25. The first-order valence-corrected chi connectivity index (χ1v) is 12.6. The summed E-state index contributed by atoms with van der Waals surface area (Å²) in [6, 6.07) is 20.6. The second-order valence-corrected chi connectivity index (χ2v) is 9.70. The second-order valence-electron chi connectivity index (χ2n) is 9.27. The summed E-state index contributed by atoms with van der Waals surface area (Å²) < 4.78 is 5.73. The smallest absolute Gasteiger partial charge is 0.411 e. The van der Waals surface area contributed by atoms with Crippen LogP contribution in [-0.2, 0) is 16.1 Å². The summed E-state index contributed by atoms with van der Waals surface area (Å²) in [7, 11) is 0. The molecule has 7 nitrogen and oxygen atoms in total. The first kappa shape index (κ1) is 26.2. The maximum atomic E-state index is 13.3. The van der Waals surface area contributed by atoms with Crippen LogP contribution in [0.25, 0.3) is 0 Å². The van der Waals surface area contributed by atoms with E-state index in [0.717, 1.165) is 17.5 Å². The van der Waals surface area contributed by atoms with Crippen LogP contribution in [0.4, 0.5) is 10.5 Å². The van der Waals surface area contributed by atoms with E-state index in [4.69, 9.17) is 16.3 Å². The summed E-state index contributed by atoms with van der Waals surface area (Å²) in [6.07, 6.45) is -0.579. The molecule has 0 radical (unpaired) electrons. The molecule has 8 heteroatoms. The Bertz CT molecular complexity index is 1280. The highest BCUT2D eigenvalue weighted by Gasteiger charge is 2.47. The highest BCUT2D eigenvalue weighted by molar-refractivity contribution is 6.31. The minimum atomic E-state index is -0.838. The summed E-state index contributed by atoms with van der Waals surface area (Å²) in [6.45, 7) is 6.15. The van der Waals surface area contributed by atoms with Crippen LogP contribution in [0.1, 0.15) is 53.4 Å². The minimum absolute atomic E-state index is 0.0471. The van der Waals surface area contributed by atoms with Crippen LogP contribution in [0.15, 0.2) is 72.8 Å². The molecule has 3 unspecified atom stereocenters. The summed E-state index contributed by atoms with van der Waals surface area (Å²) in [5.41, 5.74) is 3.68. The molecule has 1 aliphatic heterocycles. The molecule has 37 heavy (non-hydrogen) atoms. The molecular weight excluding hydrogens is 490 g/mol. The fraction of sp³-hybridized carbons (Fsp3) is 0.276. The number of nitrogens with one attached hydrogen (secondary N) is 2. The predicted octanol–water partition coefficient (Wildman–Crippen LogP) is 5.88. The van der Waals surface area contributed by atoms with Crippen LogP contribution < -0.4 is 10.6 Å². The van der Waals surface area contributed by atoms with E-state index in [1.165, 1.54) is 4.90 Å². The number of halogens is 1. The average molecular weight is 520 g/mol. The lowest BCUT2D eigenvalue weighted by Crippen LogP contribution is -2.48. The van der Waals surface area contributed by atoms with E-state index in [1.54, 1.807) is 48.5 Å². The molecule has 0 aromatic heterocycles. The Morgan fingerprint density at radius 2 is 1.76 bits per heavy atom. The number of benzene rings is 3. The third kappa shape index (κ3) is 6.30. The van der Waals surface area contributed by atoms with Crippen molar-refractivity contribution in [3.63, 3.8) is 0 Å². The first-order chi connectivity index (χ1) is 17.7. The van der Waals surface area contributed by atoms with Gasteiger partial charge in [0.25, 0.3) is 5.91 Å². The van der Waals surface area contributed by atoms with E-state index < -0.39 is 18.2 Å². The third-order valence-corrected chi connectivity index (χ3v) is 6.65. The number of carbonyl (C=O) groups excluding carboxylic acids is 3. The van der Waals surface area contributed by atoms with Crippen molar-refractivity contribution in [1.29, 1.82) is 0 Å². The van der Waals surface area contributed by atoms with E-state index in [1.807, 2.05) is 45.0 Å². The summed E-state index contributed by atoms with van der Waals surface area (Å²) in [4.78, 5) is 40.3. The molecule has 0 aliphatic carbocycles. The van der Waals surface area contributed by atoms with Crippen LogP contribution >= 0.6 is 11.6 Å². The van der Waals surface area contributed by atoms with Crippen LogP contribution in [0.5, 0.6) is 0 Å². The molecule has 0 saturated carbocycles. The van der Waals surface area contributed by atoms with E-state index in [0.29, 0.717) is 21.8 Å². The number of aryl methyl sites for hydroxylation is 1.